The molecule has 1 aliphatic rings. The first-order chi connectivity index (χ1) is 8.38. The molecule has 0 aromatic rings. The van der Waals surface area contributed by atoms with E-state index in [2.05, 4.69) is 5.32 Å². The SMILES string of the molecule is CC(=O)NC1CC(C(C)O)CN(CCC(=O)O)C1. The highest BCUT2D eigenvalue weighted by molar-refractivity contribution is 5.73. The summed E-state index contributed by atoms with van der Waals surface area (Å²) >= 11 is 0. The number of hydrogen-bond acceptors (Lipinski definition) is 4. The summed E-state index contributed by atoms with van der Waals surface area (Å²) in [7, 11) is 0. The number of amides is 1. The van der Waals surface area contributed by atoms with E-state index in [1.807, 2.05) is 4.90 Å². The Labute approximate surface area is 107 Å². The quantitative estimate of drug-likeness (QED) is 0.628. The average Bonchev–Trinajstić information content (AvgIpc) is 2.25. The van der Waals surface area contributed by atoms with Crippen molar-refractivity contribution in [1.29, 1.82) is 0 Å². The van der Waals surface area contributed by atoms with Crippen molar-refractivity contribution in [3.63, 3.8) is 0 Å². The second-order valence-corrected chi connectivity index (χ2v) is 5.04. The maximum Gasteiger partial charge on any atom is 0.304 e. The molecule has 1 amide bonds. The number of likely N-dealkylation sites (tertiary alicyclic amines) is 1. The average molecular weight is 258 g/mol. The summed E-state index contributed by atoms with van der Waals surface area (Å²) in [6, 6.07) is -0.00959. The van der Waals surface area contributed by atoms with Gasteiger partial charge >= 0.3 is 5.97 Å². The van der Waals surface area contributed by atoms with Gasteiger partial charge in [0.15, 0.2) is 0 Å². The minimum absolute atomic E-state index is 0.00959. The lowest BCUT2D eigenvalue weighted by Gasteiger charge is -2.39. The first-order valence-corrected chi connectivity index (χ1v) is 6.27. The molecule has 0 bridgehead atoms. The van der Waals surface area contributed by atoms with E-state index >= 15 is 0 Å². The zero-order valence-corrected chi connectivity index (χ0v) is 10.9. The van der Waals surface area contributed by atoms with E-state index in [0.29, 0.717) is 19.6 Å². The Morgan fingerprint density at radius 1 is 1.44 bits per heavy atom. The molecule has 1 rings (SSSR count). The molecular weight excluding hydrogens is 236 g/mol. The van der Waals surface area contributed by atoms with Gasteiger partial charge < -0.3 is 20.4 Å². The fourth-order valence-corrected chi connectivity index (χ4v) is 2.41. The molecule has 0 saturated carbocycles. The van der Waals surface area contributed by atoms with Gasteiger partial charge in [0.2, 0.25) is 5.91 Å². The van der Waals surface area contributed by atoms with Crippen LogP contribution in [-0.4, -0.2) is 58.8 Å². The fourth-order valence-electron chi connectivity index (χ4n) is 2.41. The van der Waals surface area contributed by atoms with Gasteiger partial charge in [0.05, 0.1) is 12.5 Å². The van der Waals surface area contributed by atoms with Crippen molar-refractivity contribution in [2.45, 2.75) is 38.8 Å². The molecule has 0 aromatic carbocycles. The summed E-state index contributed by atoms with van der Waals surface area (Å²) in [6.45, 7) is 4.98. The minimum atomic E-state index is -0.828. The molecule has 104 valence electrons. The number of aliphatic carboxylic acids is 1. The molecule has 1 heterocycles. The van der Waals surface area contributed by atoms with Gasteiger partial charge in [-0.3, -0.25) is 9.59 Å². The zero-order valence-electron chi connectivity index (χ0n) is 10.9. The van der Waals surface area contributed by atoms with Crippen LogP contribution in [0.25, 0.3) is 0 Å². The second kappa shape index (κ2) is 6.70. The third kappa shape index (κ3) is 5.01. The number of carbonyl (C=O) groups excluding carboxylic acids is 1. The lowest BCUT2D eigenvalue weighted by molar-refractivity contribution is -0.137. The van der Waals surface area contributed by atoms with Gasteiger partial charge in [-0.05, 0) is 19.3 Å². The maximum absolute atomic E-state index is 11.1. The number of nitrogens with one attached hydrogen (secondary N) is 1. The Kier molecular flexibility index (Phi) is 5.55. The van der Waals surface area contributed by atoms with Crippen molar-refractivity contribution in [2.24, 2.45) is 5.92 Å². The van der Waals surface area contributed by atoms with Crippen molar-refractivity contribution in [3.8, 4) is 0 Å². The standard InChI is InChI=1S/C12H22N2O4/c1-8(15)10-5-11(13-9(2)16)7-14(6-10)4-3-12(17)18/h8,10-11,15H,3-7H2,1-2H3,(H,13,16)(H,17,18). The van der Waals surface area contributed by atoms with Crippen molar-refractivity contribution in [1.82, 2.24) is 10.2 Å². The molecule has 0 spiro atoms. The number of carbonyl (C=O) groups is 2. The lowest BCUT2D eigenvalue weighted by Crippen LogP contribution is -2.52. The summed E-state index contributed by atoms with van der Waals surface area (Å²) in [6.07, 6.45) is 0.369. The number of carboxylic acids is 1. The first kappa shape index (κ1) is 14.9. The molecule has 0 aliphatic carbocycles. The summed E-state index contributed by atoms with van der Waals surface area (Å²) in [5.74, 6) is -0.848. The van der Waals surface area contributed by atoms with Crippen LogP contribution in [0.3, 0.4) is 0 Å². The van der Waals surface area contributed by atoms with Crippen LogP contribution in [0.15, 0.2) is 0 Å². The molecule has 3 unspecified atom stereocenters. The fraction of sp³-hybridized carbons (Fsp3) is 0.833. The van der Waals surface area contributed by atoms with Crippen LogP contribution in [0, 0.1) is 5.92 Å². The largest absolute Gasteiger partial charge is 0.481 e. The maximum atomic E-state index is 11.1. The topological polar surface area (TPSA) is 89.9 Å². The summed E-state index contributed by atoms with van der Waals surface area (Å²) in [5, 5.41) is 21.2. The van der Waals surface area contributed by atoms with Gasteiger partial charge in [-0.2, -0.15) is 0 Å². The third-order valence-corrected chi connectivity index (χ3v) is 3.29. The predicted octanol–water partition coefficient (Wildman–Crippen LogP) is -0.331. The Hall–Kier alpha value is -1.14. The Bertz CT molecular complexity index is 306. The molecule has 6 nitrogen and oxygen atoms in total. The van der Waals surface area contributed by atoms with E-state index in [4.69, 9.17) is 5.11 Å². The van der Waals surface area contributed by atoms with Gasteiger partial charge in [0.25, 0.3) is 0 Å². The van der Waals surface area contributed by atoms with Gasteiger partial charge in [-0.1, -0.05) is 0 Å². The van der Waals surface area contributed by atoms with Crippen molar-refractivity contribution in [2.75, 3.05) is 19.6 Å². The molecule has 0 radical (unpaired) electrons. The number of hydrogen-bond donors (Lipinski definition) is 3. The minimum Gasteiger partial charge on any atom is -0.481 e. The number of nitrogens with zero attached hydrogens (tertiary/aromatic N) is 1. The highest BCUT2D eigenvalue weighted by atomic mass is 16.4. The van der Waals surface area contributed by atoms with Gasteiger partial charge in [-0.25, -0.2) is 0 Å². The van der Waals surface area contributed by atoms with Crippen LogP contribution >= 0.6 is 0 Å². The molecule has 18 heavy (non-hydrogen) atoms. The van der Waals surface area contributed by atoms with E-state index in [9.17, 15) is 14.7 Å². The smallest absolute Gasteiger partial charge is 0.304 e. The monoisotopic (exact) mass is 258 g/mol. The van der Waals surface area contributed by atoms with Crippen LogP contribution < -0.4 is 5.32 Å². The summed E-state index contributed by atoms with van der Waals surface area (Å²) < 4.78 is 0. The Morgan fingerprint density at radius 3 is 2.61 bits per heavy atom. The summed E-state index contributed by atoms with van der Waals surface area (Å²) in [4.78, 5) is 23.6. The Balaban J connectivity index is 2.56. The molecule has 1 fully saturated rings. The molecular formula is C12H22N2O4. The molecule has 1 saturated heterocycles. The van der Waals surface area contributed by atoms with E-state index in [-0.39, 0.29) is 24.3 Å². The highest BCUT2D eigenvalue weighted by Gasteiger charge is 2.30. The number of carboxylic acid groups (broad SMARTS) is 1. The number of rotatable bonds is 5. The van der Waals surface area contributed by atoms with Gasteiger partial charge in [-0.15, -0.1) is 0 Å². The van der Waals surface area contributed by atoms with E-state index < -0.39 is 12.1 Å². The molecule has 1 aliphatic heterocycles. The zero-order chi connectivity index (χ0) is 13.7. The molecule has 0 aromatic heterocycles. The van der Waals surface area contributed by atoms with Crippen LogP contribution in [0.4, 0.5) is 0 Å². The summed E-state index contributed by atoms with van der Waals surface area (Å²) in [5.41, 5.74) is 0. The third-order valence-electron chi connectivity index (χ3n) is 3.29. The second-order valence-electron chi connectivity index (χ2n) is 5.04. The highest BCUT2D eigenvalue weighted by Crippen LogP contribution is 2.20. The van der Waals surface area contributed by atoms with Crippen LogP contribution in [0.5, 0.6) is 0 Å². The van der Waals surface area contributed by atoms with E-state index in [1.165, 1.54) is 6.92 Å². The predicted molar refractivity (Wildman–Crippen MR) is 66.1 cm³/mol. The van der Waals surface area contributed by atoms with Crippen LogP contribution in [0.1, 0.15) is 26.7 Å². The van der Waals surface area contributed by atoms with Gasteiger partial charge in [0, 0.05) is 32.6 Å². The van der Waals surface area contributed by atoms with Crippen LogP contribution in [0.2, 0.25) is 0 Å². The number of aliphatic hydroxyl groups is 1. The molecule has 3 atom stereocenters. The first-order valence-electron chi connectivity index (χ1n) is 6.27. The molecule has 6 heteroatoms. The molecule has 3 N–H and O–H groups in total. The van der Waals surface area contributed by atoms with Crippen molar-refractivity contribution < 1.29 is 19.8 Å². The van der Waals surface area contributed by atoms with Crippen molar-refractivity contribution >= 4 is 11.9 Å². The van der Waals surface area contributed by atoms with E-state index in [0.717, 1.165) is 6.42 Å². The van der Waals surface area contributed by atoms with Crippen molar-refractivity contribution in [3.05, 3.63) is 0 Å². The van der Waals surface area contributed by atoms with E-state index in [1.54, 1.807) is 6.92 Å². The van der Waals surface area contributed by atoms with Gasteiger partial charge in [0.1, 0.15) is 0 Å². The lowest BCUT2D eigenvalue weighted by atomic mass is 9.90. The Morgan fingerprint density at radius 2 is 2.11 bits per heavy atom. The number of piperidine rings is 1. The van der Waals surface area contributed by atoms with Crippen LogP contribution in [-0.2, 0) is 9.59 Å². The number of aliphatic hydroxyl groups excluding tert-OH is 1. The normalized spacial score (nSPS) is 26.6.